The van der Waals surface area contributed by atoms with Gasteiger partial charge in [-0.05, 0) is 36.5 Å². The number of nitrogens with zero attached hydrogens (tertiary/aromatic N) is 2. The first kappa shape index (κ1) is 16.6. The van der Waals surface area contributed by atoms with E-state index < -0.39 is 0 Å². The number of amides is 2. The van der Waals surface area contributed by atoms with Crippen molar-refractivity contribution in [2.75, 3.05) is 13.6 Å². The highest BCUT2D eigenvalue weighted by atomic mass is 16.2. The van der Waals surface area contributed by atoms with Gasteiger partial charge in [0.1, 0.15) is 6.54 Å². The van der Waals surface area contributed by atoms with Gasteiger partial charge in [0.2, 0.25) is 5.91 Å². The van der Waals surface area contributed by atoms with Crippen LogP contribution in [0.25, 0.3) is 5.70 Å². The number of aryl methyl sites for hydroxylation is 1. The van der Waals surface area contributed by atoms with Crippen LogP contribution in [0.15, 0.2) is 55.1 Å². The summed E-state index contributed by atoms with van der Waals surface area (Å²) in [5, 5.41) is 0. The second kappa shape index (κ2) is 6.45. The second-order valence-electron chi connectivity index (χ2n) is 7.00. The lowest BCUT2D eigenvalue weighted by molar-refractivity contribution is -0.132. The summed E-state index contributed by atoms with van der Waals surface area (Å²) in [4.78, 5) is 28.9. The number of carbonyl (C=O) groups is 2. The Kier molecular flexibility index (Phi) is 4.11. The van der Waals surface area contributed by atoms with Gasteiger partial charge in [-0.25, -0.2) is 0 Å². The van der Waals surface area contributed by atoms with Crippen molar-refractivity contribution in [2.45, 2.75) is 25.3 Å². The fraction of sp³-hybridized carbons (Fsp3) is 0.273. The summed E-state index contributed by atoms with van der Waals surface area (Å²) in [7, 11) is 1.84. The van der Waals surface area contributed by atoms with Crippen LogP contribution >= 0.6 is 0 Å². The summed E-state index contributed by atoms with van der Waals surface area (Å²) >= 11 is 0. The summed E-state index contributed by atoms with van der Waals surface area (Å²) in [5.74, 6) is -0.203. The molecule has 26 heavy (non-hydrogen) atoms. The molecule has 1 atom stereocenters. The minimum atomic E-state index is -0.142. The molecule has 1 aliphatic carbocycles. The normalized spacial score (nSPS) is 18.5. The standard InChI is InChI=1S/C22H22N2O2/c1-15-17-10-5-6-12-19(17)22(26)24(15)14-21(25)23(2)20-13-7-9-16-8-3-4-11-18(16)20/h3-6,8,10-12,20H,1,7,9,13-14H2,2H3/t20-/m0/s1. The molecule has 2 aromatic carbocycles. The van der Waals surface area contributed by atoms with Crippen molar-refractivity contribution in [3.05, 3.63) is 77.4 Å². The lowest BCUT2D eigenvalue weighted by atomic mass is 9.87. The molecule has 0 unspecified atom stereocenters. The van der Waals surface area contributed by atoms with E-state index >= 15 is 0 Å². The van der Waals surface area contributed by atoms with Gasteiger partial charge in [-0.2, -0.15) is 0 Å². The maximum absolute atomic E-state index is 12.9. The van der Waals surface area contributed by atoms with Gasteiger partial charge in [-0.1, -0.05) is 49.0 Å². The van der Waals surface area contributed by atoms with Crippen LogP contribution in [-0.2, 0) is 11.2 Å². The molecule has 0 aromatic heterocycles. The number of hydrogen-bond acceptors (Lipinski definition) is 2. The first-order valence-electron chi connectivity index (χ1n) is 9.01. The summed E-state index contributed by atoms with van der Waals surface area (Å²) in [6.07, 6.45) is 3.08. The van der Waals surface area contributed by atoms with Gasteiger partial charge in [0, 0.05) is 23.9 Å². The molecule has 0 saturated heterocycles. The van der Waals surface area contributed by atoms with Crippen molar-refractivity contribution in [1.82, 2.24) is 9.80 Å². The molecule has 1 aliphatic heterocycles. The quantitative estimate of drug-likeness (QED) is 0.851. The molecule has 1 heterocycles. The summed E-state index contributed by atoms with van der Waals surface area (Å²) < 4.78 is 0. The first-order valence-corrected chi connectivity index (χ1v) is 9.01. The average Bonchev–Trinajstić information content (AvgIpc) is 2.92. The zero-order valence-corrected chi connectivity index (χ0v) is 14.9. The lowest BCUT2D eigenvalue weighted by Gasteiger charge is -2.34. The molecule has 0 bridgehead atoms. The number of likely N-dealkylation sites (N-methyl/N-ethyl adjacent to an activating group) is 1. The highest BCUT2D eigenvalue weighted by molar-refractivity contribution is 6.10. The van der Waals surface area contributed by atoms with Crippen molar-refractivity contribution in [1.29, 1.82) is 0 Å². The smallest absolute Gasteiger partial charge is 0.259 e. The van der Waals surface area contributed by atoms with E-state index in [0.29, 0.717) is 11.3 Å². The number of hydrogen-bond donors (Lipinski definition) is 0. The van der Waals surface area contributed by atoms with Crippen molar-refractivity contribution in [2.24, 2.45) is 0 Å². The third kappa shape index (κ3) is 2.62. The summed E-state index contributed by atoms with van der Waals surface area (Å²) in [5.41, 5.74) is 4.59. The molecule has 2 amide bonds. The van der Waals surface area contributed by atoms with Crippen LogP contribution in [0.2, 0.25) is 0 Å². The lowest BCUT2D eigenvalue weighted by Crippen LogP contribution is -2.40. The molecule has 4 heteroatoms. The highest BCUT2D eigenvalue weighted by Gasteiger charge is 2.34. The maximum Gasteiger partial charge on any atom is 0.259 e. The van der Waals surface area contributed by atoms with Gasteiger partial charge in [-0.15, -0.1) is 0 Å². The van der Waals surface area contributed by atoms with E-state index in [2.05, 4.69) is 18.7 Å². The van der Waals surface area contributed by atoms with E-state index in [-0.39, 0.29) is 24.4 Å². The fourth-order valence-electron chi connectivity index (χ4n) is 4.05. The van der Waals surface area contributed by atoms with Crippen LogP contribution in [0.5, 0.6) is 0 Å². The van der Waals surface area contributed by atoms with Crippen LogP contribution in [0.3, 0.4) is 0 Å². The minimum absolute atomic E-state index is 0.0293. The Morgan fingerprint density at radius 3 is 2.62 bits per heavy atom. The van der Waals surface area contributed by atoms with Crippen LogP contribution in [0, 0.1) is 0 Å². The maximum atomic E-state index is 12.9. The predicted octanol–water partition coefficient (Wildman–Crippen LogP) is 3.65. The van der Waals surface area contributed by atoms with Gasteiger partial charge < -0.3 is 4.90 Å². The summed E-state index contributed by atoms with van der Waals surface area (Å²) in [6, 6.07) is 15.8. The van der Waals surface area contributed by atoms with Gasteiger partial charge in [0.15, 0.2) is 0 Å². The van der Waals surface area contributed by atoms with Crippen molar-refractivity contribution >= 4 is 17.5 Å². The Morgan fingerprint density at radius 2 is 1.85 bits per heavy atom. The van der Waals surface area contributed by atoms with E-state index in [1.165, 1.54) is 16.0 Å². The van der Waals surface area contributed by atoms with E-state index in [0.717, 1.165) is 24.8 Å². The van der Waals surface area contributed by atoms with Gasteiger partial charge in [0.25, 0.3) is 5.91 Å². The largest absolute Gasteiger partial charge is 0.337 e. The third-order valence-electron chi connectivity index (χ3n) is 5.53. The van der Waals surface area contributed by atoms with E-state index in [4.69, 9.17) is 0 Å². The van der Waals surface area contributed by atoms with E-state index in [1.807, 2.05) is 37.4 Å². The Balaban J connectivity index is 1.53. The Hall–Kier alpha value is -2.88. The van der Waals surface area contributed by atoms with E-state index in [9.17, 15) is 9.59 Å². The number of carbonyl (C=O) groups excluding carboxylic acids is 2. The predicted molar refractivity (Wildman–Crippen MR) is 101 cm³/mol. The van der Waals surface area contributed by atoms with E-state index in [1.54, 1.807) is 11.0 Å². The molecule has 0 radical (unpaired) electrons. The SMILES string of the molecule is C=C1c2ccccc2C(=O)N1CC(=O)N(C)[C@H]1CCCc2ccccc21. The molecule has 2 aromatic rings. The minimum Gasteiger partial charge on any atom is -0.337 e. The van der Waals surface area contributed by atoms with Crippen LogP contribution < -0.4 is 0 Å². The Bertz CT molecular complexity index is 868. The zero-order valence-electron chi connectivity index (χ0n) is 14.9. The number of fused-ring (bicyclic) bond motifs is 2. The van der Waals surface area contributed by atoms with Gasteiger partial charge in [0.05, 0.1) is 6.04 Å². The molecule has 132 valence electrons. The average molecular weight is 346 g/mol. The Labute approximate surface area is 153 Å². The zero-order chi connectivity index (χ0) is 18.3. The molecular weight excluding hydrogens is 324 g/mol. The second-order valence-corrected chi connectivity index (χ2v) is 7.00. The van der Waals surface area contributed by atoms with Crippen LogP contribution in [0.1, 0.15) is 45.9 Å². The molecule has 4 nitrogen and oxygen atoms in total. The molecule has 0 spiro atoms. The topological polar surface area (TPSA) is 40.6 Å². The van der Waals surface area contributed by atoms with Crippen LogP contribution in [-0.4, -0.2) is 35.2 Å². The molecule has 0 fully saturated rings. The molecular formula is C22H22N2O2. The third-order valence-corrected chi connectivity index (χ3v) is 5.53. The van der Waals surface area contributed by atoms with Gasteiger partial charge >= 0.3 is 0 Å². The molecule has 0 saturated carbocycles. The van der Waals surface area contributed by atoms with Crippen LogP contribution in [0.4, 0.5) is 0 Å². The summed E-state index contributed by atoms with van der Waals surface area (Å²) in [6.45, 7) is 4.05. The monoisotopic (exact) mass is 346 g/mol. The highest BCUT2D eigenvalue weighted by Crippen LogP contribution is 2.35. The fourth-order valence-corrected chi connectivity index (χ4v) is 4.05. The van der Waals surface area contributed by atoms with Crippen molar-refractivity contribution in [3.63, 3.8) is 0 Å². The van der Waals surface area contributed by atoms with Crippen molar-refractivity contribution in [3.8, 4) is 0 Å². The number of rotatable bonds is 3. The Morgan fingerprint density at radius 1 is 1.15 bits per heavy atom. The molecule has 2 aliphatic rings. The molecule has 0 N–H and O–H groups in total. The van der Waals surface area contributed by atoms with Gasteiger partial charge in [-0.3, -0.25) is 14.5 Å². The number of benzene rings is 2. The first-order chi connectivity index (χ1) is 12.6. The van der Waals surface area contributed by atoms with Crippen molar-refractivity contribution < 1.29 is 9.59 Å². The molecule has 4 rings (SSSR count).